The molecule has 3 aromatic rings. The highest BCUT2D eigenvalue weighted by Crippen LogP contribution is 2.26. The molecule has 2 aromatic carbocycles. The fraction of sp³-hybridized carbons (Fsp3) is 0.158. The smallest absolute Gasteiger partial charge is 0.257 e. The van der Waals surface area contributed by atoms with Crippen molar-refractivity contribution in [3.63, 3.8) is 0 Å². The van der Waals surface area contributed by atoms with E-state index in [1.54, 1.807) is 24.3 Å². The molecule has 8 heteroatoms. The van der Waals surface area contributed by atoms with E-state index >= 15 is 0 Å². The number of aromatic nitrogens is 2. The fourth-order valence-corrected chi connectivity index (χ4v) is 3.77. The molecular formula is C19H18N4O2S2. The van der Waals surface area contributed by atoms with Crippen LogP contribution < -0.4 is 10.6 Å². The third-order valence-electron chi connectivity index (χ3n) is 3.64. The monoisotopic (exact) mass is 398 g/mol. The molecule has 0 fully saturated rings. The number of nitrogens with one attached hydrogen (secondary N) is 2. The van der Waals surface area contributed by atoms with Gasteiger partial charge in [-0.25, -0.2) is 0 Å². The number of amides is 2. The molecule has 0 aliphatic rings. The Morgan fingerprint density at radius 1 is 1.00 bits per heavy atom. The Morgan fingerprint density at radius 2 is 1.74 bits per heavy atom. The van der Waals surface area contributed by atoms with Gasteiger partial charge in [0.15, 0.2) is 4.34 Å². The van der Waals surface area contributed by atoms with E-state index < -0.39 is 0 Å². The van der Waals surface area contributed by atoms with Crippen molar-refractivity contribution >= 4 is 45.7 Å². The van der Waals surface area contributed by atoms with Crippen LogP contribution in [0.25, 0.3) is 0 Å². The number of aryl methyl sites for hydroxylation is 1. The zero-order valence-corrected chi connectivity index (χ0v) is 16.3. The number of hydrogen-bond donors (Lipinski definition) is 2. The maximum Gasteiger partial charge on any atom is 0.257 e. The molecule has 0 radical (unpaired) electrons. The number of carbonyl (C=O) groups is 2. The molecular weight excluding hydrogens is 380 g/mol. The molecule has 138 valence electrons. The first-order valence-corrected chi connectivity index (χ1v) is 10.2. The van der Waals surface area contributed by atoms with E-state index in [2.05, 4.69) is 27.8 Å². The Labute approximate surface area is 165 Å². The number of thioether (sulfide) groups is 1. The van der Waals surface area contributed by atoms with Gasteiger partial charge in [0.2, 0.25) is 11.0 Å². The van der Waals surface area contributed by atoms with E-state index in [0.717, 1.165) is 12.1 Å². The minimum absolute atomic E-state index is 0.116. The molecule has 6 nitrogen and oxygen atoms in total. The lowest BCUT2D eigenvalue weighted by Crippen LogP contribution is -2.13. The average Bonchev–Trinajstić information content (AvgIpc) is 3.15. The summed E-state index contributed by atoms with van der Waals surface area (Å²) in [5.74, 6) is -0.137. The molecule has 2 amide bonds. The average molecular weight is 399 g/mol. The van der Waals surface area contributed by atoms with Gasteiger partial charge in [0, 0.05) is 11.3 Å². The largest absolute Gasteiger partial charge is 0.325 e. The van der Waals surface area contributed by atoms with Crippen LogP contribution in [0.15, 0.2) is 58.9 Å². The number of hydrogen-bond acceptors (Lipinski definition) is 6. The third-order valence-corrected chi connectivity index (χ3v) is 5.61. The number of nitrogens with zero attached hydrogens (tertiary/aromatic N) is 2. The Morgan fingerprint density at radius 3 is 2.44 bits per heavy atom. The molecule has 0 saturated heterocycles. The number of anilines is 2. The van der Waals surface area contributed by atoms with Gasteiger partial charge in [0.25, 0.3) is 5.91 Å². The van der Waals surface area contributed by atoms with E-state index in [1.165, 1.54) is 28.7 Å². The highest BCUT2D eigenvalue weighted by atomic mass is 32.2. The van der Waals surface area contributed by atoms with Gasteiger partial charge >= 0.3 is 0 Å². The van der Waals surface area contributed by atoms with Crippen LogP contribution >= 0.6 is 23.1 Å². The highest BCUT2D eigenvalue weighted by Gasteiger charge is 2.11. The van der Waals surface area contributed by atoms with Gasteiger partial charge in [-0.15, -0.1) is 10.2 Å². The second-order valence-corrected chi connectivity index (χ2v) is 7.78. The van der Waals surface area contributed by atoms with Crippen LogP contribution in [0.3, 0.4) is 0 Å². The summed E-state index contributed by atoms with van der Waals surface area (Å²) in [6.07, 6.45) is 0.963. The summed E-state index contributed by atoms with van der Waals surface area (Å²) in [5.41, 5.74) is 2.54. The SMILES string of the molecule is CCc1ccc(NC(=O)CSc2nnc(NC(=O)c3ccccc3)s2)cc1. The van der Waals surface area contributed by atoms with E-state index in [4.69, 9.17) is 0 Å². The van der Waals surface area contributed by atoms with Crippen LogP contribution in [0.2, 0.25) is 0 Å². The first kappa shape index (κ1) is 19.1. The van der Waals surface area contributed by atoms with E-state index in [1.807, 2.05) is 30.3 Å². The Kier molecular flexibility index (Phi) is 6.56. The molecule has 0 bridgehead atoms. The van der Waals surface area contributed by atoms with Crippen LogP contribution in [0, 0.1) is 0 Å². The van der Waals surface area contributed by atoms with Crippen LogP contribution in [-0.4, -0.2) is 27.8 Å². The summed E-state index contributed by atoms with van der Waals surface area (Å²) in [5, 5.41) is 13.9. The summed E-state index contributed by atoms with van der Waals surface area (Å²) in [6.45, 7) is 2.09. The number of benzene rings is 2. The molecule has 0 aliphatic heterocycles. The first-order chi connectivity index (χ1) is 13.1. The van der Waals surface area contributed by atoms with E-state index in [-0.39, 0.29) is 17.6 Å². The number of carbonyl (C=O) groups excluding carboxylic acids is 2. The lowest BCUT2D eigenvalue weighted by Gasteiger charge is -2.05. The van der Waals surface area contributed by atoms with Gasteiger partial charge in [-0.2, -0.15) is 0 Å². The summed E-state index contributed by atoms with van der Waals surface area (Å²) in [6, 6.07) is 16.7. The van der Waals surface area contributed by atoms with Crippen molar-refractivity contribution < 1.29 is 9.59 Å². The molecule has 27 heavy (non-hydrogen) atoms. The van der Waals surface area contributed by atoms with Crippen molar-refractivity contribution in [3.8, 4) is 0 Å². The van der Waals surface area contributed by atoms with Gasteiger partial charge in [0.1, 0.15) is 0 Å². The van der Waals surface area contributed by atoms with Crippen LogP contribution in [0.4, 0.5) is 10.8 Å². The molecule has 0 unspecified atom stereocenters. The fourth-order valence-electron chi connectivity index (χ4n) is 2.23. The van der Waals surface area contributed by atoms with Crippen molar-refractivity contribution in [2.75, 3.05) is 16.4 Å². The molecule has 1 aromatic heterocycles. The van der Waals surface area contributed by atoms with Crippen LogP contribution in [0.5, 0.6) is 0 Å². The predicted molar refractivity (Wildman–Crippen MR) is 109 cm³/mol. The summed E-state index contributed by atoms with van der Waals surface area (Å²) in [7, 11) is 0. The van der Waals surface area contributed by atoms with Crippen molar-refractivity contribution in [3.05, 3.63) is 65.7 Å². The van der Waals surface area contributed by atoms with Crippen molar-refractivity contribution in [1.82, 2.24) is 10.2 Å². The minimum atomic E-state index is -0.239. The Balaban J connectivity index is 1.48. The van der Waals surface area contributed by atoms with Gasteiger partial charge < -0.3 is 5.32 Å². The molecule has 0 spiro atoms. The van der Waals surface area contributed by atoms with E-state index in [0.29, 0.717) is 15.0 Å². The molecule has 0 atom stereocenters. The molecule has 0 aliphatic carbocycles. The van der Waals surface area contributed by atoms with Crippen LogP contribution in [0.1, 0.15) is 22.8 Å². The van der Waals surface area contributed by atoms with Gasteiger partial charge in [0.05, 0.1) is 5.75 Å². The second-order valence-electron chi connectivity index (χ2n) is 5.58. The lowest BCUT2D eigenvalue weighted by atomic mass is 10.1. The lowest BCUT2D eigenvalue weighted by molar-refractivity contribution is -0.113. The topological polar surface area (TPSA) is 84.0 Å². The first-order valence-electron chi connectivity index (χ1n) is 8.35. The van der Waals surface area contributed by atoms with Crippen molar-refractivity contribution in [1.29, 1.82) is 0 Å². The van der Waals surface area contributed by atoms with Gasteiger partial charge in [-0.1, -0.05) is 60.4 Å². The van der Waals surface area contributed by atoms with Crippen LogP contribution in [-0.2, 0) is 11.2 Å². The summed E-state index contributed by atoms with van der Waals surface area (Å²) >= 11 is 2.52. The van der Waals surface area contributed by atoms with Crippen molar-refractivity contribution in [2.24, 2.45) is 0 Å². The summed E-state index contributed by atoms with van der Waals surface area (Å²) in [4.78, 5) is 24.2. The highest BCUT2D eigenvalue weighted by molar-refractivity contribution is 8.01. The normalized spacial score (nSPS) is 10.4. The zero-order chi connectivity index (χ0) is 19.1. The molecule has 2 N–H and O–H groups in total. The maximum absolute atomic E-state index is 12.1. The zero-order valence-electron chi connectivity index (χ0n) is 14.6. The second kappa shape index (κ2) is 9.29. The number of rotatable bonds is 7. The summed E-state index contributed by atoms with van der Waals surface area (Å²) < 4.78 is 0.620. The third kappa shape index (κ3) is 5.63. The predicted octanol–water partition coefficient (Wildman–Crippen LogP) is 4.08. The van der Waals surface area contributed by atoms with Gasteiger partial charge in [-0.05, 0) is 36.2 Å². The Hall–Kier alpha value is -2.71. The maximum atomic E-state index is 12.1. The molecule has 1 heterocycles. The van der Waals surface area contributed by atoms with Gasteiger partial charge in [-0.3, -0.25) is 14.9 Å². The molecule has 3 rings (SSSR count). The van der Waals surface area contributed by atoms with E-state index in [9.17, 15) is 9.59 Å². The molecule has 0 saturated carbocycles. The minimum Gasteiger partial charge on any atom is -0.325 e. The standard InChI is InChI=1S/C19H18N4O2S2/c1-2-13-8-10-15(11-9-13)20-16(24)12-26-19-23-22-18(27-19)21-17(25)14-6-4-3-5-7-14/h3-11H,2,12H2,1H3,(H,20,24)(H,21,22,25). The quantitative estimate of drug-likeness (QED) is 0.463. The van der Waals surface area contributed by atoms with Crippen molar-refractivity contribution in [2.45, 2.75) is 17.7 Å². The Bertz CT molecular complexity index is 911.